The molecule has 1 N–H and O–H groups in total. The van der Waals surface area contributed by atoms with Gasteiger partial charge in [0.15, 0.2) is 0 Å². The van der Waals surface area contributed by atoms with E-state index in [0.717, 1.165) is 48.1 Å². The van der Waals surface area contributed by atoms with Gasteiger partial charge in [0, 0.05) is 26.2 Å². The molecule has 5 rings (SSSR count). The first-order valence-corrected chi connectivity index (χ1v) is 10.7. The van der Waals surface area contributed by atoms with E-state index in [-0.39, 0.29) is 11.8 Å². The standard InChI is InChI=1S/C26H23F3N2O/c27-26(28,29)32-20-11-9-18(10-12-20)25(31-15-13-30-14-16-31)24-17-19-5-1-2-6-21(19)22-7-3-4-8-23(22)24/h1-12,17,25,30H,13-16H2/t25-/m1/s1. The van der Waals surface area contributed by atoms with Gasteiger partial charge < -0.3 is 10.1 Å². The van der Waals surface area contributed by atoms with E-state index < -0.39 is 6.36 Å². The summed E-state index contributed by atoms with van der Waals surface area (Å²) >= 11 is 0. The largest absolute Gasteiger partial charge is 0.573 e. The van der Waals surface area contributed by atoms with Gasteiger partial charge in [-0.3, -0.25) is 4.90 Å². The summed E-state index contributed by atoms with van der Waals surface area (Å²) in [6.45, 7) is 3.45. The lowest BCUT2D eigenvalue weighted by Crippen LogP contribution is -2.45. The van der Waals surface area contributed by atoms with Crippen molar-refractivity contribution in [1.82, 2.24) is 10.2 Å². The van der Waals surface area contributed by atoms with Gasteiger partial charge in [-0.1, -0.05) is 60.7 Å². The Morgan fingerprint density at radius 2 is 1.41 bits per heavy atom. The van der Waals surface area contributed by atoms with Crippen LogP contribution < -0.4 is 10.1 Å². The fourth-order valence-electron chi connectivity index (χ4n) is 4.69. The minimum absolute atomic E-state index is 0.0773. The van der Waals surface area contributed by atoms with E-state index in [4.69, 9.17) is 0 Å². The molecule has 1 aliphatic rings. The summed E-state index contributed by atoms with van der Waals surface area (Å²) in [6, 6.07) is 25.1. The van der Waals surface area contributed by atoms with Crippen molar-refractivity contribution < 1.29 is 17.9 Å². The first-order valence-electron chi connectivity index (χ1n) is 10.7. The van der Waals surface area contributed by atoms with E-state index in [1.54, 1.807) is 12.1 Å². The van der Waals surface area contributed by atoms with Crippen molar-refractivity contribution in [3.05, 3.63) is 90.0 Å². The number of ether oxygens (including phenoxy) is 1. The smallest absolute Gasteiger partial charge is 0.406 e. The predicted octanol–water partition coefficient (Wildman–Crippen LogP) is 5.89. The van der Waals surface area contributed by atoms with Gasteiger partial charge in [-0.15, -0.1) is 13.2 Å². The molecule has 0 saturated carbocycles. The lowest BCUT2D eigenvalue weighted by atomic mass is 9.89. The van der Waals surface area contributed by atoms with Crippen LogP contribution in [0.1, 0.15) is 17.2 Å². The molecule has 0 aliphatic carbocycles. The summed E-state index contributed by atoms with van der Waals surface area (Å²) < 4.78 is 42.0. The Morgan fingerprint density at radius 3 is 2.09 bits per heavy atom. The van der Waals surface area contributed by atoms with Gasteiger partial charge in [0.1, 0.15) is 5.75 Å². The Morgan fingerprint density at radius 1 is 0.781 bits per heavy atom. The quantitative estimate of drug-likeness (QED) is 0.404. The Balaban J connectivity index is 1.67. The summed E-state index contributed by atoms with van der Waals surface area (Å²) in [4.78, 5) is 2.40. The number of hydrogen-bond donors (Lipinski definition) is 1. The molecule has 6 heteroatoms. The van der Waals surface area contributed by atoms with Gasteiger partial charge in [0.25, 0.3) is 0 Å². The topological polar surface area (TPSA) is 24.5 Å². The van der Waals surface area contributed by atoms with Crippen LogP contribution in [0.3, 0.4) is 0 Å². The van der Waals surface area contributed by atoms with Gasteiger partial charge in [0.2, 0.25) is 0 Å². The molecule has 0 bridgehead atoms. The van der Waals surface area contributed by atoms with Gasteiger partial charge in [-0.2, -0.15) is 0 Å². The maximum Gasteiger partial charge on any atom is 0.573 e. The average Bonchev–Trinajstić information content (AvgIpc) is 2.80. The summed E-state index contributed by atoms with van der Waals surface area (Å²) in [7, 11) is 0. The number of halogens is 3. The fraction of sp³-hybridized carbons (Fsp3) is 0.231. The number of rotatable bonds is 4. The van der Waals surface area contributed by atoms with Gasteiger partial charge in [-0.25, -0.2) is 0 Å². The maximum absolute atomic E-state index is 12.6. The second-order valence-electron chi connectivity index (χ2n) is 8.04. The molecule has 0 unspecified atom stereocenters. The number of nitrogens with one attached hydrogen (secondary N) is 1. The Kier molecular flexibility index (Phi) is 5.49. The molecule has 4 aromatic rings. The number of piperazine rings is 1. The van der Waals surface area contributed by atoms with Gasteiger partial charge in [-0.05, 0) is 50.9 Å². The predicted molar refractivity (Wildman–Crippen MR) is 121 cm³/mol. The molecule has 4 aromatic carbocycles. The molecule has 32 heavy (non-hydrogen) atoms. The number of hydrogen-bond acceptors (Lipinski definition) is 3. The second-order valence-corrected chi connectivity index (χ2v) is 8.04. The number of nitrogens with zero attached hydrogens (tertiary/aromatic N) is 1. The van der Waals surface area contributed by atoms with Crippen molar-refractivity contribution in [2.24, 2.45) is 0 Å². The van der Waals surface area contributed by atoms with Crippen molar-refractivity contribution in [1.29, 1.82) is 0 Å². The Bertz CT molecular complexity index is 1230. The zero-order valence-corrected chi connectivity index (χ0v) is 17.4. The summed E-state index contributed by atoms with van der Waals surface area (Å²) in [5, 5.41) is 8.07. The van der Waals surface area contributed by atoms with Crippen LogP contribution >= 0.6 is 0 Å². The van der Waals surface area contributed by atoms with E-state index in [9.17, 15) is 13.2 Å². The van der Waals surface area contributed by atoms with Crippen LogP contribution in [0.2, 0.25) is 0 Å². The SMILES string of the molecule is FC(F)(F)Oc1ccc([C@H](c2cc3ccccc3c3ccccc23)N2CCNCC2)cc1. The van der Waals surface area contributed by atoms with Crippen LogP contribution in [0.15, 0.2) is 78.9 Å². The molecular weight excluding hydrogens is 413 g/mol. The minimum atomic E-state index is -4.70. The third-order valence-corrected chi connectivity index (χ3v) is 6.04. The van der Waals surface area contributed by atoms with Crippen LogP contribution in [0.25, 0.3) is 21.5 Å². The van der Waals surface area contributed by atoms with E-state index in [0.29, 0.717) is 0 Å². The van der Waals surface area contributed by atoms with Crippen LogP contribution in [0.5, 0.6) is 5.75 Å². The van der Waals surface area contributed by atoms with E-state index in [1.165, 1.54) is 22.9 Å². The Hall–Kier alpha value is -3.09. The zero-order chi connectivity index (χ0) is 22.1. The normalized spacial score (nSPS) is 16.3. The molecule has 3 nitrogen and oxygen atoms in total. The van der Waals surface area contributed by atoms with Crippen LogP contribution in [0.4, 0.5) is 13.2 Å². The number of benzene rings is 4. The molecule has 1 heterocycles. The van der Waals surface area contributed by atoms with Gasteiger partial charge >= 0.3 is 6.36 Å². The lowest BCUT2D eigenvalue weighted by molar-refractivity contribution is -0.274. The summed E-state index contributed by atoms with van der Waals surface area (Å²) in [5.41, 5.74) is 2.10. The molecule has 0 spiro atoms. The number of fused-ring (bicyclic) bond motifs is 3. The molecular formula is C26H23F3N2O. The molecule has 1 saturated heterocycles. The zero-order valence-electron chi connectivity index (χ0n) is 17.4. The van der Waals surface area contributed by atoms with Crippen molar-refractivity contribution in [2.75, 3.05) is 26.2 Å². The highest BCUT2D eigenvalue weighted by Crippen LogP contribution is 2.38. The van der Waals surface area contributed by atoms with E-state index in [1.807, 2.05) is 24.3 Å². The van der Waals surface area contributed by atoms with Crippen LogP contribution in [-0.2, 0) is 0 Å². The highest BCUT2D eigenvalue weighted by atomic mass is 19.4. The average molecular weight is 436 g/mol. The molecule has 1 aliphatic heterocycles. The lowest BCUT2D eigenvalue weighted by Gasteiger charge is -2.36. The molecule has 164 valence electrons. The number of alkyl halides is 3. The highest BCUT2D eigenvalue weighted by Gasteiger charge is 2.31. The maximum atomic E-state index is 12.6. The molecule has 0 radical (unpaired) electrons. The van der Waals surface area contributed by atoms with E-state index >= 15 is 0 Å². The summed E-state index contributed by atoms with van der Waals surface area (Å²) in [6.07, 6.45) is -4.70. The highest BCUT2D eigenvalue weighted by molar-refractivity contribution is 6.09. The fourth-order valence-corrected chi connectivity index (χ4v) is 4.69. The van der Waals surface area contributed by atoms with Crippen molar-refractivity contribution >= 4 is 21.5 Å². The molecule has 1 atom stereocenters. The molecule has 1 fully saturated rings. The third kappa shape index (κ3) is 4.16. The van der Waals surface area contributed by atoms with Crippen LogP contribution in [0, 0.1) is 0 Å². The molecule has 0 amide bonds. The first-order chi connectivity index (χ1) is 15.5. The first kappa shape index (κ1) is 20.8. The second kappa shape index (κ2) is 8.45. The van der Waals surface area contributed by atoms with Gasteiger partial charge in [0.05, 0.1) is 6.04 Å². The Labute approximate surface area is 184 Å². The van der Waals surface area contributed by atoms with Crippen molar-refractivity contribution in [3.63, 3.8) is 0 Å². The van der Waals surface area contributed by atoms with Crippen LogP contribution in [-0.4, -0.2) is 37.4 Å². The van der Waals surface area contributed by atoms with Crippen molar-refractivity contribution in [2.45, 2.75) is 12.4 Å². The van der Waals surface area contributed by atoms with E-state index in [2.05, 4.69) is 45.3 Å². The minimum Gasteiger partial charge on any atom is -0.406 e. The third-order valence-electron chi connectivity index (χ3n) is 6.04. The monoisotopic (exact) mass is 436 g/mol. The molecule has 0 aromatic heterocycles. The van der Waals surface area contributed by atoms with Crippen molar-refractivity contribution in [3.8, 4) is 5.75 Å². The summed E-state index contributed by atoms with van der Waals surface area (Å²) in [5.74, 6) is -0.205.